The number of rotatable bonds is 7. The molecule has 0 radical (unpaired) electrons. The van der Waals surface area contributed by atoms with Gasteiger partial charge in [0.25, 0.3) is 0 Å². The third kappa shape index (κ3) is 5.73. The van der Waals surface area contributed by atoms with Crippen molar-refractivity contribution in [3.8, 4) is 0 Å². The van der Waals surface area contributed by atoms with Crippen LogP contribution in [0.3, 0.4) is 0 Å². The third-order valence-corrected chi connectivity index (χ3v) is 5.42. The van der Waals surface area contributed by atoms with Gasteiger partial charge in [0.2, 0.25) is 0 Å². The quantitative estimate of drug-likeness (QED) is 0.582. The highest BCUT2D eigenvalue weighted by atomic mass is 32.2. The Kier molecular flexibility index (Phi) is 7.23. The Balaban J connectivity index is 1.95. The molecule has 6 nitrogen and oxygen atoms in total. The fourth-order valence-electron chi connectivity index (χ4n) is 2.71. The lowest BCUT2D eigenvalue weighted by atomic mass is 10.1. The van der Waals surface area contributed by atoms with Gasteiger partial charge in [-0.2, -0.15) is 16.9 Å². The summed E-state index contributed by atoms with van der Waals surface area (Å²) in [4.78, 5) is 6.98. The van der Waals surface area contributed by atoms with E-state index in [1.807, 2.05) is 17.9 Å². The lowest BCUT2D eigenvalue weighted by Gasteiger charge is -2.22. The Morgan fingerprint density at radius 1 is 1.52 bits per heavy atom. The maximum absolute atomic E-state index is 4.79. The van der Waals surface area contributed by atoms with Crippen LogP contribution in [0.1, 0.15) is 31.4 Å². The first-order chi connectivity index (χ1) is 11.1. The number of aliphatic imine (C=N–C) groups is 1. The summed E-state index contributed by atoms with van der Waals surface area (Å²) in [5.41, 5.74) is 1.20. The van der Waals surface area contributed by atoms with Gasteiger partial charge >= 0.3 is 0 Å². The minimum Gasteiger partial charge on any atom is -0.357 e. The average molecular weight is 339 g/mol. The molecule has 1 fully saturated rings. The number of likely N-dealkylation sites (N-methyl/N-ethyl adjacent to an activating group) is 1. The minimum absolute atomic E-state index is 0.236. The molecule has 0 amide bonds. The second-order valence-corrected chi connectivity index (χ2v) is 7.57. The Hall–Kier alpha value is -1.21. The first-order valence-corrected chi connectivity index (χ1v) is 9.43. The van der Waals surface area contributed by atoms with Crippen LogP contribution in [0.15, 0.2) is 17.4 Å². The van der Waals surface area contributed by atoms with E-state index in [9.17, 15) is 0 Å². The van der Waals surface area contributed by atoms with Crippen LogP contribution in [0.25, 0.3) is 0 Å². The molecule has 7 heteroatoms. The van der Waals surface area contributed by atoms with Gasteiger partial charge in [-0.3, -0.25) is 9.67 Å². The number of thioether (sulfide) groups is 1. The SMILES string of the molecule is CCNC(=NCC(c1cnn(C)c1)N(C)C)NCC1CCCS1. The Bertz CT molecular complexity index is 493. The van der Waals surface area contributed by atoms with E-state index in [2.05, 4.69) is 59.6 Å². The average Bonchev–Trinajstić information content (AvgIpc) is 3.16. The highest BCUT2D eigenvalue weighted by Gasteiger charge is 2.17. The molecule has 23 heavy (non-hydrogen) atoms. The van der Waals surface area contributed by atoms with Crippen molar-refractivity contribution >= 4 is 17.7 Å². The lowest BCUT2D eigenvalue weighted by Crippen LogP contribution is -2.40. The molecular formula is C16H30N6S. The summed E-state index contributed by atoms with van der Waals surface area (Å²) in [6, 6.07) is 0.236. The molecule has 2 atom stereocenters. The number of nitrogens with zero attached hydrogens (tertiary/aromatic N) is 4. The van der Waals surface area contributed by atoms with Crippen LogP contribution >= 0.6 is 11.8 Å². The molecule has 1 aromatic rings. The normalized spacial score (nSPS) is 20.0. The van der Waals surface area contributed by atoms with E-state index in [-0.39, 0.29) is 6.04 Å². The molecule has 0 saturated carbocycles. The fraction of sp³-hybridized carbons (Fsp3) is 0.750. The van der Waals surface area contributed by atoms with Gasteiger partial charge < -0.3 is 15.5 Å². The van der Waals surface area contributed by atoms with Crippen molar-refractivity contribution in [1.29, 1.82) is 0 Å². The summed E-state index contributed by atoms with van der Waals surface area (Å²) in [7, 11) is 6.12. The monoisotopic (exact) mass is 338 g/mol. The Morgan fingerprint density at radius 3 is 2.91 bits per heavy atom. The van der Waals surface area contributed by atoms with Crippen molar-refractivity contribution in [2.45, 2.75) is 31.1 Å². The van der Waals surface area contributed by atoms with Crippen molar-refractivity contribution in [1.82, 2.24) is 25.3 Å². The molecule has 0 spiro atoms. The van der Waals surface area contributed by atoms with Crippen molar-refractivity contribution in [3.05, 3.63) is 18.0 Å². The minimum atomic E-state index is 0.236. The van der Waals surface area contributed by atoms with Crippen molar-refractivity contribution < 1.29 is 0 Å². The van der Waals surface area contributed by atoms with E-state index in [0.29, 0.717) is 6.54 Å². The molecule has 2 heterocycles. The van der Waals surface area contributed by atoms with Crippen molar-refractivity contribution in [2.75, 3.05) is 39.5 Å². The van der Waals surface area contributed by atoms with E-state index in [1.165, 1.54) is 24.2 Å². The first kappa shape index (κ1) is 18.1. The zero-order chi connectivity index (χ0) is 16.7. The number of guanidine groups is 1. The number of nitrogens with one attached hydrogen (secondary N) is 2. The summed E-state index contributed by atoms with van der Waals surface area (Å²) in [6.45, 7) is 4.69. The van der Waals surface area contributed by atoms with Gasteiger partial charge in [0.1, 0.15) is 0 Å². The predicted octanol–water partition coefficient (Wildman–Crippen LogP) is 1.47. The largest absolute Gasteiger partial charge is 0.357 e. The highest BCUT2D eigenvalue weighted by molar-refractivity contribution is 8.00. The van der Waals surface area contributed by atoms with Gasteiger partial charge in [0.15, 0.2) is 5.96 Å². The second kappa shape index (κ2) is 9.17. The third-order valence-electron chi connectivity index (χ3n) is 4.02. The molecule has 1 aliphatic rings. The molecular weight excluding hydrogens is 308 g/mol. The van der Waals surface area contributed by atoms with Crippen LogP contribution in [-0.4, -0.2) is 65.4 Å². The molecule has 2 N–H and O–H groups in total. The van der Waals surface area contributed by atoms with Crippen LogP contribution in [0.2, 0.25) is 0 Å². The van der Waals surface area contributed by atoms with E-state index >= 15 is 0 Å². The van der Waals surface area contributed by atoms with E-state index in [1.54, 1.807) is 0 Å². The molecule has 0 aromatic carbocycles. The zero-order valence-corrected chi connectivity index (χ0v) is 15.6. The molecule has 2 rings (SSSR count). The number of hydrogen-bond acceptors (Lipinski definition) is 4. The Morgan fingerprint density at radius 2 is 2.35 bits per heavy atom. The van der Waals surface area contributed by atoms with Gasteiger partial charge in [-0.25, -0.2) is 0 Å². The number of hydrogen-bond donors (Lipinski definition) is 2. The van der Waals surface area contributed by atoms with Crippen LogP contribution in [0.4, 0.5) is 0 Å². The number of aromatic nitrogens is 2. The molecule has 0 aliphatic carbocycles. The van der Waals surface area contributed by atoms with Gasteiger partial charge in [-0.15, -0.1) is 0 Å². The van der Waals surface area contributed by atoms with Gasteiger partial charge in [0.05, 0.1) is 18.8 Å². The molecule has 1 aliphatic heterocycles. The predicted molar refractivity (Wildman–Crippen MR) is 99.1 cm³/mol. The highest BCUT2D eigenvalue weighted by Crippen LogP contribution is 2.25. The fourth-order valence-corrected chi connectivity index (χ4v) is 3.92. The van der Waals surface area contributed by atoms with Gasteiger partial charge in [-0.1, -0.05) is 0 Å². The summed E-state index contributed by atoms with van der Waals surface area (Å²) >= 11 is 2.07. The molecule has 1 aromatic heterocycles. The summed E-state index contributed by atoms with van der Waals surface area (Å²) in [6.07, 6.45) is 6.65. The van der Waals surface area contributed by atoms with E-state index in [4.69, 9.17) is 4.99 Å². The van der Waals surface area contributed by atoms with Crippen LogP contribution in [0, 0.1) is 0 Å². The molecule has 1 saturated heterocycles. The standard InChI is InChI=1S/C16H30N6S/c1-5-17-16(18-10-14-7-6-8-23-14)19-11-15(21(2)3)13-9-20-22(4)12-13/h9,12,14-15H,5-8,10-11H2,1-4H3,(H2,17,18,19). The first-order valence-electron chi connectivity index (χ1n) is 8.39. The summed E-state index contributed by atoms with van der Waals surface area (Å²) < 4.78 is 1.84. The van der Waals surface area contributed by atoms with Crippen molar-refractivity contribution in [2.24, 2.45) is 12.0 Å². The zero-order valence-electron chi connectivity index (χ0n) is 14.7. The maximum atomic E-state index is 4.79. The van der Waals surface area contributed by atoms with Gasteiger partial charge in [-0.05, 0) is 39.6 Å². The van der Waals surface area contributed by atoms with Crippen molar-refractivity contribution in [3.63, 3.8) is 0 Å². The van der Waals surface area contributed by atoms with Crippen LogP contribution < -0.4 is 10.6 Å². The second-order valence-electron chi connectivity index (χ2n) is 6.16. The molecule has 130 valence electrons. The van der Waals surface area contributed by atoms with E-state index < -0.39 is 0 Å². The molecule has 2 unspecified atom stereocenters. The topological polar surface area (TPSA) is 57.5 Å². The number of aryl methyl sites for hydroxylation is 1. The Labute approximate surface area is 144 Å². The molecule has 0 bridgehead atoms. The maximum Gasteiger partial charge on any atom is 0.191 e. The lowest BCUT2D eigenvalue weighted by molar-refractivity contribution is 0.306. The van der Waals surface area contributed by atoms with E-state index in [0.717, 1.165) is 24.3 Å². The van der Waals surface area contributed by atoms with Crippen LogP contribution in [0.5, 0.6) is 0 Å². The smallest absolute Gasteiger partial charge is 0.191 e. The summed E-state index contributed by atoms with van der Waals surface area (Å²) in [5.74, 6) is 2.21. The van der Waals surface area contributed by atoms with Gasteiger partial charge in [0, 0.05) is 37.1 Å². The summed E-state index contributed by atoms with van der Waals surface area (Å²) in [5, 5.41) is 11.8. The van der Waals surface area contributed by atoms with Crippen LogP contribution in [-0.2, 0) is 7.05 Å².